The monoisotopic (exact) mass is 515 g/mol. The highest BCUT2D eigenvalue weighted by Gasteiger charge is 2.37. The summed E-state index contributed by atoms with van der Waals surface area (Å²) in [5, 5.41) is 13.9. The number of rotatable bonds is 9. The van der Waals surface area contributed by atoms with Gasteiger partial charge in [-0.2, -0.15) is 23.4 Å². The van der Waals surface area contributed by atoms with E-state index < -0.39 is 30.6 Å². The number of fused-ring (bicyclic) bond motifs is 1. The SMILES string of the molecule is CC(C)NC(=O)C(c1ccnn1CC(F)(F)F)N(Cc1n[nH]c2c1CCC2)C(=O)/C=C/c1ccccn1. The van der Waals surface area contributed by atoms with Crippen LogP contribution in [-0.2, 0) is 35.5 Å². The van der Waals surface area contributed by atoms with Crippen molar-refractivity contribution in [3.63, 3.8) is 0 Å². The average molecular weight is 516 g/mol. The Bertz CT molecular complexity index is 1260. The number of carbonyl (C=O) groups is 2. The topological polar surface area (TPSA) is 109 Å². The van der Waals surface area contributed by atoms with Gasteiger partial charge >= 0.3 is 6.18 Å². The second-order valence-corrected chi connectivity index (χ2v) is 9.13. The third kappa shape index (κ3) is 6.43. The van der Waals surface area contributed by atoms with Gasteiger partial charge in [0.2, 0.25) is 11.8 Å². The molecular weight excluding hydrogens is 487 g/mol. The standard InChI is InChI=1S/C25H28F3N7O2/c1-16(2)31-24(37)23(21-11-13-30-35(21)15-25(26,27)28)34(14-20-18-7-5-8-19(18)32-33-20)22(36)10-9-17-6-3-4-12-29-17/h3-4,6,9-13,16,23H,5,7-8,14-15H2,1-2H3,(H,31,37)(H,32,33)/b10-9+. The van der Waals surface area contributed by atoms with Crippen molar-refractivity contribution in [2.24, 2.45) is 0 Å². The van der Waals surface area contributed by atoms with Crippen molar-refractivity contribution in [2.45, 2.75) is 64.5 Å². The molecule has 0 spiro atoms. The second kappa shape index (κ2) is 11.0. The summed E-state index contributed by atoms with van der Waals surface area (Å²) in [6.45, 7) is 1.99. The van der Waals surface area contributed by atoms with Crippen LogP contribution in [0.4, 0.5) is 13.2 Å². The molecule has 0 saturated carbocycles. The van der Waals surface area contributed by atoms with E-state index in [0.717, 1.165) is 30.5 Å². The van der Waals surface area contributed by atoms with Crippen LogP contribution in [0.15, 0.2) is 42.7 Å². The number of halogens is 3. The van der Waals surface area contributed by atoms with Crippen LogP contribution in [0.25, 0.3) is 6.08 Å². The summed E-state index contributed by atoms with van der Waals surface area (Å²) in [5.74, 6) is -1.20. The molecule has 12 heteroatoms. The smallest absolute Gasteiger partial charge is 0.352 e. The molecular formula is C25H28F3N7O2. The lowest BCUT2D eigenvalue weighted by molar-refractivity contribution is -0.145. The van der Waals surface area contributed by atoms with Gasteiger partial charge in [-0.3, -0.25) is 24.4 Å². The normalized spacial score (nSPS) is 14.2. The quantitative estimate of drug-likeness (QED) is 0.425. The molecule has 196 valence electrons. The number of aryl methyl sites for hydroxylation is 1. The van der Waals surface area contributed by atoms with Gasteiger partial charge in [0.25, 0.3) is 0 Å². The van der Waals surface area contributed by atoms with Gasteiger partial charge in [-0.15, -0.1) is 0 Å². The Hall–Kier alpha value is -3.96. The zero-order valence-electron chi connectivity index (χ0n) is 20.5. The average Bonchev–Trinajstić information content (AvgIpc) is 3.55. The molecule has 0 fully saturated rings. The van der Waals surface area contributed by atoms with Crippen LogP contribution in [0.2, 0.25) is 0 Å². The van der Waals surface area contributed by atoms with Crippen molar-refractivity contribution in [3.05, 3.63) is 71.1 Å². The minimum Gasteiger partial charge on any atom is -0.352 e. The van der Waals surface area contributed by atoms with Gasteiger partial charge in [0.05, 0.1) is 23.6 Å². The van der Waals surface area contributed by atoms with Gasteiger partial charge in [-0.05, 0) is 62.9 Å². The number of hydrogen-bond acceptors (Lipinski definition) is 5. The summed E-state index contributed by atoms with van der Waals surface area (Å²) in [6.07, 6.45) is 3.46. The fraction of sp³-hybridized carbons (Fsp3) is 0.400. The number of carbonyl (C=O) groups excluding carboxylic acids is 2. The lowest BCUT2D eigenvalue weighted by Crippen LogP contribution is -2.46. The molecule has 3 heterocycles. The number of H-pyrrole nitrogens is 1. The lowest BCUT2D eigenvalue weighted by atomic mass is 10.1. The van der Waals surface area contributed by atoms with Gasteiger partial charge in [-0.25, -0.2) is 0 Å². The molecule has 3 aromatic heterocycles. The molecule has 0 saturated heterocycles. The highest BCUT2D eigenvalue weighted by Crippen LogP contribution is 2.30. The number of aromatic amines is 1. The van der Waals surface area contributed by atoms with Crippen LogP contribution in [0, 0.1) is 0 Å². The second-order valence-electron chi connectivity index (χ2n) is 9.13. The number of alkyl halides is 3. The number of nitrogens with zero attached hydrogens (tertiary/aromatic N) is 5. The summed E-state index contributed by atoms with van der Waals surface area (Å²) < 4.78 is 40.7. The van der Waals surface area contributed by atoms with Gasteiger partial charge in [0.1, 0.15) is 6.54 Å². The molecule has 1 unspecified atom stereocenters. The van der Waals surface area contributed by atoms with Crippen LogP contribution >= 0.6 is 0 Å². The van der Waals surface area contributed by atoms with Crippen LogP contribution in [0.1, 0.15) is 54.6 Å². The molecule has 0 radical (unpaired) electrons. The first-order valence-electron chi connectivity index (χ1n) is 12.0. The van der Waals surface area contributed by atoms with E-state index in [1.54, 1.807) is 38.2 Å². The number of pyridine rings is 1. The molecule has 1 aliphatic carbocycles. The maximum absolute atomic E-state index is 13.6. The fourth-order valence-electron chi connectivity index (χ4n) is 4.38. The fourth-order valence-corrected chi connectivity index (χ4v) is 4.38. The molecule has 3 aromatic rings. The van der Waals surface area contributed by atoms with E-state index in [1.807, 2.05) is 0 Å². The first-order chi connectivity index (χ1) is 17.6. The van der Waals surface area contributed by atoms with Gasteiger partial charge in [0, 0.05) is 30.2 Å². The highest BCUT2D eigenvalue weighted by molar-refractivity contribution is 5.95. The van der Waals surface area contributed by atoms with Gasteiger partial charge in [0.15, 0.2) is 6.04 Å². The summed E-state index contributed by atoms with van der Waals surface area (Å²) in [4.78, 5) is 32.5. The molecule has 0 aromatic carbocycles. The van der Waals surface area contributed by atoms with Crippen molar-refractivity contribution < 1.29 is 22.8 Å². The van der Waals surface area contributed by atoms with E-state index in [1.165, 1.54) is 29.3 Å². The molecule has 1 atom stereocenters. The van der Waals surface area contributed by atoms with E-state index in [4.69, 9.17) is 0 Å². The first-order valence-corrected chi connectivity index (χ1v) is 12.0. The van der Waals surface area contributed by atoms with Crippen LogP contribution < -0.4 is 5.32 Å². The van der Waals surface area contributed by atoms with E-state index in [-0.39, 0.29) is 18.3 Å². The molecule has 2 N–H and O–H groups in total. The predicted octanol–water partition coefficient (Wildman–Crippen LogP) is 3.36. The Morgan fingerprint density at radius 2 is 2.03 bits per heavy atom. The number of hydrogen-bond donors (Lipinski definition) is 2. The maximum atomic E-state index is 13.6. The molecule has 0 bridgehead atoms. The van der Waals surface area contributed by atoms with E-state index >= 15 is 0 Å². The molecule has 1 aliphatic rings. The maximum Gasteiger partial charge on any atom is 0.408 e. The summed E-state index contributed by atoms with van der Waals surface area (Å²) in [6, 6.07) is 4.82. The molecule has 4 rings (SSSR count). The number of aromatic nitrogens is 5. The zero-order chi connectivity index (χ0) is 26.6. The summed E-state index contributed by atoms with van der Waals surface area (Å²) in [5.41, 5.74) is 2.98. The molecule has 0 aliphatic heterocycles. The summed E-state index contributed by atoms with van der Waals surface area (Å²) >= 11 is 0. The van der Waals surface area contributed by atoms with E-state index in [2.05, 4.69) is 25.6 Å². The van der Waals surface area contributed by atoms with Crippen molar-refractivity contribution >= 4 is 17.9 Å². The third-order valence-corrected chi connectivity index (χ3v) is 5.93. The van der Waals surface area contributed by atoms with Crippen molar-refractivity contribution in [1.29, 1.82) is 0 Å². The Morgan fingerprint density at radius 1 is 1.22 bits per heavy atom. The van der Waals surface area contributed by atoms with Crippen molar-refractivity contribution in [3.8, 4) is 0 Å². The minimum absolute atomic E-state index is 0.0535. The van der Waals surface area contributed by atoms with Crippen LogP contribution in [-0.4, -0.2) is 53.9 Å². The Morgan fingerprint density at radius 3 is 2.73 bits per heavy atom. The predicted molar refractivity (Wildman–Crippen MR) is 129 cm³/mol. The Labute approximate surface area is 211 Å². The minimum atomic E-state index is -4.57. The zero-order valence-corrected chi connectivity index (χ0v) is 20.5. The summed E-state index contributed by atoms with van der Waals surface area (Å²) in [7, 11) is 0. The van der Waals surface area contributed by atoms with Crippen LogP contribution in [0.3, 0.4) is 0 Å². The third-order valence-electron chi connectivity index (χ3n) is 5.93. The molecule has 9 nitrogen and oxygen atoms in total. The van der Waals surface area contributed by atoms with E-state index in [9.17, 15) is 22.8 Å². The Kier molecular flexibility index (Phi) is 7.74. The van der Waals surface area contributed by atoms with Gasteiger partial charge in [-0.1, -0.05) is 6.07 Å². The number of amides is 2. The van der Waals surface area contributed by atoms with E-state index in [0.29, 0.717) is 16.1 Å². The lowest BCUT2D eigenvalue weighted by Gasteiger charge is -2.31. The highest BCUT2D eigenvalue weighted by atomic mass is 19.4. The first kappa shape index (κ1) is 26.1. The van der Waals surface area contributed by atoms with Crippen molar-refractivity contribution in [2.75, 3.05) is 0 Å². The number of nitrogens with one attached hydrogen (secondary N) is 2. The largest absolute Gasteiger partial charge is 0.408 e. The van der Waals surface area contributed by atoms with Gasteiger partial charge < -0.3 is 10.2 Å². The molecule has 37 heavy (non-hydrogen) atoms. The van der Waals surface area contributed by atoms with Crippen LogP contribution in [0.5, 0.6) is 0 Å². The van der Waals surface area contributed by atoms with Crippen molar-refractivity contribution in [1.82, 2.24) is 35.2 Å². The molecule has 2 amide bonds. The Balaban J connectivity index is 1.77.